The summed E-state index contributed by atoms with van der Waals surface area (Å²) in [7, 11) is 0. The molecular weight excluding hydrogens is 595 g/mol. The summed E-state index contributed by atoms with van der Waals surface area (Å²) < 4.78 is 45.8. The lowest BCUT2D eigenvalue weighted by Gasteiger charge is -2.14. The summed E-state index contributed by atoms with van der Waals surface area (Å²) in [5, 5.41) is 5.68. The zero-order chi connectivity index (χ0) is 30.7. The van der Waals surface area contributed by atoms with E-state index < -0.39 is 17.8 Å². The number of alkyl halides is 3. The number of halogens is 3. The number of carbonyl (C=O) groups is 2. The van der Waals surface area contributed by atoms with Gasteiger partial charge in [-0.25, -0.2) is 14.8 Å². The summed E-state index contributed by atoms with van der Waals surface area (Å²) in [6.07, 6.45) is 3.49. The van der Waals surface area contributed by atoms with Crippen molar-refractivity contribution in [2.75, 3.05) is 22.1 Å². The van der Waals surface area contributed by atoms with Crippen molar-refractivity contribution in [3.05, 3.63) is 91.1 Å². The average molecular weight is 618 g/mol. The van der Waals surface area contributed by atoms with Gasteiger partial charge in [-0.2, -0.15) is 13.2 Å². The lowest BCUT2D eigenvalue weighted by atomic mass is 10.1. The van der Waals surface area contributed by atoms with Crippen LogP contribution in [0.3, 0.4) is 0 Å². The van der Waals surface area contributed by atoms with Gasteiger partial charge in [0.2, 0.25) is 11.8 Å². The lowest BCUT2D eigenvalue weighted by molar-refractivity contribution is -0.137. The van der Waals surface area contributed by atoms with E-state index in [4.69, 9.17) is 4.74 Å². The molecule has 2 N–H and O–H groups in total. The van der Waals surface area contributed by atoms with E-state index in [1.165, 1.54) is 29.9 Å². The van der Waals surface area contributed by atoms with Crippen LogP contribution < -0.4 is 20.3 Å². The predicted molar refractivity (Wildman–Crippen MR) is 159 cm³/mol. The molecule has 0 radical (unpaired) electrons. The number of nitrogens with one attached hydrogen (secondary N) is 2. The van der Waals surface area contributed by atoms with Crippen LogP contribution in [0.2, 0.25) is 0 Å². The number of thiazole rings is 1. The van der Waals surface area contributed by atoms with Gasteiger partial charge in [-0.3, -0.25) is 19.7 Å². The van der Waals surface area contributed by atoms with E-state index in [0.29, 0.717) is 35.6 Å². The molecule has 1 aromatic carbocycles. The predicted octanol–water partition coefficient (Wildman–Crippen LogP) is 7.24. The maximum atomic E-state index is 13.3. The van der Waals surface area contributed by atoms with Crippen molar-refractivity contribution < 1.29 is 27.5 Å². The van der Waals surface area contributed by atoms with E-state index >= 15 is 0 Å². The number of carbonyl (C=O) groups excluding carboxylic acids is 2. The van der Waals surface area contributed by atoms with Gasteiger partial charge in [0.25, 0.3) is 0 Å². The highest BCUT2D eigenvalue weighted by atomic mass is 32.1. The highest BCUT2D eigenvalue weighted by molar-refractivity contribution is 7.19. The topological polar surface area (TPSA) is 122 Å². The second kappa shape index (κ2) is 12.1. The Morgan fingerprint density at radius 3 is 2.45 bits per heavy atom. The van der Waals surface area contributed by atoms with Gasteiger partial charge in [0.1, 0.15) is 5.75 Å². The SMILES string of the molecule is O=C(Nc1ccc(Oc2ccc(-c3cnc(N4CCCC4=O)s3)cc2)nc1)Nc1cc(C(F)(F)F)cnc1-c1cccnc1. The maximum absolute atomic E-state index is 13.3. The summed E-state index contributed by atoms with van der Waals surface area (Å²) in [4.78, 5) is 43.8. The van der Waals surface area contributed by atoms with E-state index in [2.05, 4.69) is 30.6 Å². The average Bonchev–Trinajstić information content (AvgIpc) is 3.67. The van der Waals surface area contributed by atoms with Gasteiger partial charge in [-0.1, -0.05) is 11.3 Å². The van der Waals surface area contributed by atoms with Crippen molar-refractivity contribution in [2.45, 2.75) is 19.0 Å². The van der Waals surface area contributed by atoms with Crippen LogP contribution in [0, 0.1) is 0 Å². The minimum Gasteiger partial charge on any atom is -0.439 e. The van der Waals surface area contributed by atoms with Crippen LogP contribution in [-0.4, -0.2) is 38.4 Å². The number of nitrogens with zero attached hydrogens (tertiary/aromatic N) is 5. The number of amides is 3. The second-order valence-electron chi connectivity index (χ2n) is 9.61. The van der Waals surface area contributed by atoms with E-state index in [-0.39, 0.29) is 28.9 Å². The molecule has 0 atom stereocenters. The molecule has 6 rings (SSSR count). The third-order valence-corrected chi connectivity index (χ3v) is 7.62. The van der Waals surface area contributed by atoms with Gasteiger partial charge >= 0.3 is 12.2 Å². The van der Waals surface area contributed by atoms with Crippen molar-refractivity contribution in [1.82, 2.24) is 19.9 Å². The molecule has 1 fully saturated rings. The van der Waals surface area contributed by atoms with E-state index in [0.717, 1.165) is 22.9 Å². The minimum atomic E-state index is -4.65. The number of ether oxygens (including phenoxy) is 1. The molecule has 3 amide bonds. The van der Waals surface area contributed by atoms with Crippen LogP contribution in [0.5, 0.6) is 11.6 Å². The Morgan fingerprint density at radius 2 is 1.77 bits per heavy atom. The molecule has 4 aromatic heterocycles. The van der Waals surface area contributed by atoms with Gasteiger partial charge in [0.15, 0.2) is 5.13 Å². The molecule has 5 heterocycles. The number of urea groups is 1. The Bertz CT molecular complexity index is 1800. The largest absolute Gasteiger partial charge is 0.439 e. The van der Waals surface area contributed by atoms with Gasteiger partial charge in [0.05, 0.1) is 33.7 Å². The third kappa shape index (κ3) is 6.49. The van der Waals surface area contributed by atoms with E-state index in [1.54, 1.807) is 47.5 Å². The van der Waals surface area contributed by atoms with Crippen molar-refractivity contribution in [1.29, 1.82) is 0 Å². The number of rotatable bonds is 7. The molecule has 0 saturated carbocycles. The van der Waals surface area contributed by atoms with Crippen molar-refractivity contribution in [2.24, 2.45) is 0 Å². The number of pyridine rings is 3. The fourth-order valence-electron chi connectivity index (χ4n) is 4.43. The molecule has 5 aromatic rings. The van der Waals surface area contributed by atoms with E-state index in [9.17, 15) is 22.8 Å². The molecule has 10 nitrogen and oxygen atoms in total. The lowest BCUT2D eigenvalue weighted by Crippen LogP contribution is -2.23. The number of hydrogen-bond acceptors (Lipinski definition) is 8. The smallest absolute Gasteiger partial charge is 0.417 e. The Balaban J connectivity index is 1.09. The monoisotopic (exact) mass is 617 g/mol. The Kier molecular flexibility index (Phi) is 7.89. The molecule has 222 valence electrons. The normalized spacial score (nSPS) is 13.2. The number of aromatic nitrogens is 4. The fourth-order valence-corrected chi connectivity index (χ4v) is 5.39. The van der Waals surface area contributed by atoms with Gasteiger partial charge in [0, 0.05) is 49.4 Å². The zero-order valence-corrected chi connectivity index (χ0v) is 23.5. The maximum Gasteiger partial charge on any atom is 0.417 e. The molecule has 1 aliphatic rings. The van der Waals surface area contributed by atoms with Crippen LogP contribution >= 0.6 is 11.3 Å². The standard InChI is InChI=1S/C30H22F3N7O3S/c31-30(32,33)20-13-23(27(36-15-20)19-3-1-11-34-14-19)39-28(42)38-21-7-10-25(35-16-21)43-22-8-5-18(6-9-22)24-17-37-29(44-24)40-12-2-4-26(40)41/h1,3,5-11,13-17H,2,4,12H2,(H2,38,39,42). The van der Waals surface area contributed by atoms with Crippen LogP contribution in [-0.2, 0) is 11.0 Å². The Hall–Kier alpha value is -5.37. The Morgan fingerprint density at radius 1 is 0.932 bits per heavy atom. The summed E-state index contributed by atoms with van der Waals surface area (Å²) in [6, 6.07) is 13.6. The molecular formula is C30H22F3N7O3S. The summed E-state index contributed by atoms with van der Waals surface area (Å²) in [6.45, 7) is 0.685. The molecule has 0 spiro atoms. The van der Waals surface area contributed by atoms with Gasteiger partial charge < -0.3 is 15.4 Å². The summed E-state index contributed by atoms with van der Waals surface area (Å²) in [5.41, 5.74) is 0.627. The molecule has 14 heteroatoms. The summed E-state index contributed by atoms with van der Waals surface area (Å²) in [5.74, 6) is 0.878. The molecule has 44 heavy (non-hydrogen) atoms. The van der Waals surface area contributed by atoms with Crippen molar-refractivity contribution in [3.63, 3.8) is 0 Å². The first-order valence-electron chi connectivity index (χ1n) is 13.3. The highest BCUT2D eigenvalue weighted by Gasteiger charge is 2.32. The van der Waals surface area contributed by atoms with Crippen LogP contribution in [0.25, 0.3) is 21.7 Å². The zero-order valence-electron chi connectivity index (χ0n) is 22.7. The van der Waals surface area contributed by atoms with Gasteiger partial charge in [-0.05, 0) is 60.5 Å². The first-order chi connectivity index (χ1) is 21.2. The quantitative estimate of drug-likeness (QED) is 0.197. The number of hydrogen-bond donors (Lipinski definition) is 2. The number of benzene rings is 1. The fraction of sp³-hybridized carbons (Fsp3) is 0.133. The summed E-state index contributed by atoms with van der Waals surface area (Å²) >= 11 is 1.45. The second-order valence-corrected chi connectivity index (χ2v) is 10.6. The van der Waals surface area contributed by atoms with Crippen LogP contribution in [0.1, 0.15) is 18.4 Å². The first-order valence-corrected chi connectivity index (χ1v) is 14.1. The third-order valence-electron chi connectivity index (χ3n) is 6.55. The molecule has 1 aliphatic heterocycles. The van der Waals surface area contributed by atoms with Crippen LogP contribution in [0.15, 0.2) is 85.6 Å². The highest BCUT2D eigenvalue weighted by Crippen LogP contribution is 2.35. The molecule has 0 aliphatic carbocycles. The first kappa shape index (κ1) is 28.7. The van der Waals surface area contributed by atoms with Gasteiger partial charge in [-0.15, -0.1) is 0 Å². The molecule has 0 bridgehead atoms. The molecule has 0 unspecified atom stereocenters. The van der Waals surface area contributed by atoms with Crippen molar-refractivity contribution >= 4 is 39.8 Å². The molecule has 1 saturated heterocycles. The van der Waals surface area contributed by atoms with Crippen molar-refractivity contribution in [3.8, 4) is 33.3 Å². The van der Waals surface area contributed by atoms with E-state index in [1.807, 2.05) is 12.1 Å². The number of anilines is 3. The van der Waals surface area contributed by atoms with Crippen LogP contribution in [0.4, 0.5) is 34.5 Å². The Labute approximate surface area is 252 Å². The minimum absolute atomic E-state index is 0.0898.